The number of aryl methyl sites for hydroxylation is 1. The van der Waals surface area contributed by atoms with Gasteiger partial charge in [-0.05, 0) is 26.3 Å². The second-order valence-electron chi connectivity index (χ2n) is 5.95. The molecule has 1 N–H and O–H groups in total. The van der Waals surface area contributed by atoms with Gasteiger partial charge >= 0.3 is 0 Å². The standard InChI is InChI=1S/C15H26N4OS/c1-12-14(10-16-5-9-20-2)21-15(17-12)19-8-7-18-6-3-4-13(18)11-19/h13,16H,3-11H2,1-2H3. The molecule has 2 saturated heterocycles. The highest BCUT2D eigenvalue weighted by atomic mass is 32.1. The van der Waals surface area contributed by atoms with Gasteiger partial charge in [0.15, 0.2) is 5.13 Å². The van der Waals surface area contributed by atoms with Crippen LogP contribution in [0.2, 0.25) is 0 Å². The Morgan fingerprint density at radius 1 is 1.38 bits per heavy atom. The van der Waals surface area contributed by atoms with Crippen LogP contribution in [-0.2, 0) is 11.3 Å². The first-order valence-electron chi connectivity index (χ1n) is 7.93. The Balaban J connectivity index is 1.58. The van der Waals surface area contributed by atoms with Crippen LogP contribution in [0.15, 0.2) is 0 Å². The van der Waals surface area contributed by atoms with Crippen molar-refractivity contribution in [2.24, 2.45) is 0 Å². The van der Waals surface area contributed by atoms with Crippen LogP contribution in [-0.4, -0.2) is 62.4 Å². The van der Waals surface area contributed by atoms with Crippen LogP contribution in [0.5, 0.6) is 0 Å². The van der Waals surface area contributed by atoms with E-state index in [0.717, 1.165) is 38.8 Å². The smallest absolute Gasteiger partial charge is 0.185 e. The van der Waals surface area contributed by atoms with Crippen LogP contribution in [0, 0.1) is 6.92 Å². The number of fused-ring (bicyclic) bond motifs is 1. The van der Waals surface area contributed by atoms with E-state index >= 15 is 0 Å². The summed E-state index contributed by atoms with van der Waals surface area (Å²) in [5.41, 5.74) is 1.17. The van der Waals surface area contributed by atoms with Gasteiger partial charge in [0.05, 0.1) is 12.3 Å². The fourth-order valence-electron chi connectivity index (χ4n) is 3.25. The van der Waals surface area contributed by atoms with Crippen molar-refractivity contribution in [3.8, 4) is 0 Å². The predicted octanol–water partition coefficient (Wildman–Crippen LogP) is 1.47. The lowest BCUT2D eigenvalue weighted by atomic mass is 10.2. The van der Waals surface area contributed by atoms with Crippen LogP contribution in [0.3, 0.4) is 0 Å². The first-order chi connectivity index (χ1) is 10.3. The van der Waals surface area contributed by atoms with Gasteiger partial charge in [0.1, 0.15) is 0 Å². The molecule has 1 unspecified atom stereocenters. The van der Waals surface area contributed by atoms with Gasteiger partial charge in [-0.1, -0.05) is 0 Å². The minimum Gasteiger partial charge on any atom is -0.383 e. The summed E-state index contributed by atoms with van der Waals surface area (Å²) in [6, 6.07) is 0.756. The molecule has 118 valence electrons. The summed E-state index contributed by atoms with van der Waals surface area (Å²) in [7, 11) is 1.74. The van der Waals surface area contributed by atoms with Crippen molar-refractivity contribution < 1.29 is 4.74 Å². The highest BCUT2D eigenvalue weighted by Gasteiger charge is 2.31. The van der Waals surface area contributed by atoms with E-state index < -0.39 is 0 Å². The Bertz CT molecular complexity index is 465. The number of thiazole rings is 1. The third kappa shape index (κ3) is 3.56. The number of anilines is 1. The maximum Gasteiger partial charge on any atom is 0.185 e. The lowest BCUT2D eigenvalue weighted by Gasteiger charge is -2.37. The molecule has 1 aromatic rings. The van der Waals surface area contributed by atoms with Crippen molar-refractivity contribution in [3.05, 3.63) is 10.6 Å². The topological polar surface area (TPSA) is 40.6 Å². The molecule has 5 nitrogen and oxygen atoms in total. The van der Waals surface area contributed by atoms with E-state index in [2.05, 4.69) is 22.0 Å². The zero-order valence-electron chi connectivity index (χ0n) is 13.1. The number of hydrogen-bond donors (Lipinski definition) is 1. The van der Waals surface area contributed by atoms with E-state index in [1.807, 2.05) is 11.3 Å². The maximum atomic E-state index is 5.06. The summed E-state index contributed by atoms with van der Waals surface area (Å²) < 4.78 is 5.06. The molecule has 2 fully saturated rings. The van der Waals surface area contributed by atoms with Crippen LogP contribution in [0.1, 0.15) is 23.4 Å². The Morgan fingerprint density at radius 2 is 2.29 bits per heavy atom. The normalized spacial score (nSPS) is 22.8. The van der Waals surface area contributed by atoms with Gasteiger partial charge < -0.3 is 15.0 Å². The zero-order chi connectivity index (χ0) is 14.7. The largest absolute Gasteiger partial charge is 0.383 e. The van der Waals surface area contributed by atoms with Crippen LogP contribution < -0.4 is 10.2 Å². The van der Waals surface area contributed by atoms with Crippen molar-refractivity contribution in [2.45, 2.75) is 32.4 Å². The first kappa shape index (κ1) is 15.2. The molecule has 1 aromatic heterocycles. The number of aromatic nitrogens is 1. The number of piperazine rings is 1. The Labute approximate surface area is 131 Å². The van der Waals surface area contributed by atoms with Gasteiger partial charge in [-0.15, -0.1) is 11.3 Å². The van der Waals surface area contributed by atoms with Crippen molar-refractivity contribution in [2.75, 3.05) is 51.3 Å². The number of nitrogens with zero attached hydrogens (tertiary/aromatic N) is 3. The summed E-state index contributed by atoms with van der Waals surface area (Å²) in [4.78, 5) is 11.3. The minimum atomic E-state index is 0.756. The van der Waals surface area contributed by atoms with Gasteiger partial charge in [0.2, 0.25) is 0 Å². The summed E-state index contributed by atoms with van der Waals surface area (Å²) in [6.07, 6.45) is 2.72. The second-order valence-corrected chi connectivity index (χ2v) is 7.01. The van der Waals surface area contributed by atoms with Gasteiger partial charge in [-0.2, -0.15) is 0 Å². The zero-order valence-corrected chi connectivity index (χ0v) is 13.9. The maximum absolute atomic E-state index is 5.06. The van der Waals surface area contributed by atoms with Crippen molar-refractivity contribution in [3.63, 3.8) is 0 Å². The fraction of sp³-hybridized carbons (Fsp3) is 0.800. The summed E-state index contributed by atoms with van der Waals surface area (Å²) in [6.45, 7) is 9.45. The van der Waals surface area contributed by atoms with Gasteiger partial charge in [-0.3, -0.25) is 4.90 Å². The molecule has 2 aliphatic heterocycles. The molecular weight excluding hydrogens is 284 g/mol. The molecule has 2 aliphatic rings. The lowest BCUT2D eigenvalue weighted by molar-refractivity contribution is 0.199. The molecule has 6 heteroatoms. The fourth-order valence-corrected chi connectivity index (χ4v) is 4.32. The third-order valence-corrected chi connectivity index (χ3v) is 5.73. The molecule has 1 atom stereocenters. The SMILES string of the molecule is COCCNCc1sc(N2CCN3CCCC3C2)nc1C. The molecular formula is C15H26N4OS. The number of methoxy groups -OCH3 is 1. The number of rotatable bonds is 6. The number of nitrogens with one attached hydrogen (secondary N) is 1. The van der Waals surface area contributed by atoms with E-state index in [1.165, 1.54) is 41.6 Å². The molecule has 0 bridgehead atoms. The average Bonchev–Trinajstić information content (AvgIpc) is 3.09. The van der Waals surface area contributed by atoms with Crippen LogP contribution in [0.25, 0.3) is 0 Å². The monoisotopic (exact) mass is 310 g/mol. The van der Waals surface area contributed by atoms with Crippen LogP contribution >= 0.6 is 11.3 Å². The molecule has 0 spiro atoms. The molecule has 0 amide bonds. The Morgan fingerprint density at radius 3 is 3.14 bits per heavy atom. The van der Waals surface area contributed by atoms with Crippen molar-refractivity contribution in [1.82, 2.24) is 15.2 Å². The molecule has 3 rings (SSSR count). The van der Waals surface area contributed by atoms with Gasteiger partial charge in [0, 0.05) is 50.8 Å². The van der Waals surface area contributed by atoms with E-state index in [1.54, 1.807) is 7.11 Å². The summed E-state index contributed by atoms with van der Waals surface area (Å²) in [5, 5.41) is 4.63. The first-order valence-corrected chi connectivity index (χ1v) is 8.74. The second kappa shape index (κ2) is 7.05. The Hall–Kier alpha value is -0.690. The molecule has 0 radical (unpaired) electrons. The number of hydrogen-bond acceptors (Lipinski definition) is 6. The lowest BCUT2D eigenvalue weighted by Crippen LogP contribution is -2.50. The molecule has 0 aromatic carbocycles. The summed E-state index contributed by atoms with van der Waals surface area (Å²) >= 11 is 1.85. The minimum absolute atomic E-state index is 0.756. The molecule has 3 heterocycles. The van der Waals surface area contributed by atoms with Crippen LogP contribution in [0.4, 0.5) is 5.13 Å². The highest BCUT2D eigenvalue weighted by molar-refractivity contribution is 7.15. The van der Waals surface area contributed by atoms with Crippen molar-refractivity contribution >= 4 is 16.5 Å². The quantitative estimate of drug-likeness (QED) is 0.806. The van der Waals surface area contributed by atoms with Crippen molar-refractivity contribution in [1.29, 1.82) is 0 Å². The summed E-state index contributed by atoms with van der Waals surface area (Å²) in [5.74, 6) is 0. The van der Waals surface area contributed by atoms with Gasteiger partial charge in [0.25, 0.3) is 0 Å². The highest BCUT2D eigenvalue weighted by Crippen LogP contribution is 2.30. The van der Waals surface area contributed by atoms with E-state index in [4.69, 9.17) is 9.72 Å². The predicted molar refractivity (Wildman–Crippen MR) is 87.2 cm³/mol. The molecule has 0 aliphatic carbocycles. The Kier molecular flexibility index (Phi) is 5.11. The number of ether oxygens (including phenoxy) is 1. The van der Waals surface area contributed by atoms with E-state index in [-0.39, 0.29) is 0 Å². The molecule has 21 heavy (non-hydrogen) atoms. The van der Waals surface area contributed by atoms with E-state index in [0.29, 0.717) is 0 Å². The molecule has 0 saturated carbocycles. The van der Waals surface area contributed by atoms with E-state index in [9.17, 15) is 0 Å². The average molecular weight is 310 g/mol. The van der Waals surface area contributed by atoms with Gasteiger partial charge in [-0.25, -0.2) is 4.98 Å². The third-order valence-electron chi connectivity index (χ3n) is 4.51.